The smallest absolute Gasteiger partial charge is 0.111 e. The summed E-state index contributed by atoms with van der Waals surface area (Å²) in [6, 6.07) is 5.83. The molecule has 0 saturated heterocycles. The predicted octanol–water partition coefficient (Wildman–Crippen LogP) is 3.90. The highest BCUT2D eigenvalue weighted by molar-refractivity contribution is 6.31. The van der Waals surface area contributed by atoms with E-state index in [0.717, 1.165) is 49.3 Å². The molecule has 3 nitrogen and oxygen atoms in total. The van der Waals surface area contributed by atoms with Crippen LogP contribution in [0.4, 0.5) is 0 Å². The monoisotopic (exact) mass is 300 g/mol. The standard InChI is InChI=1S/C14H18Cl2N2O/c1-19-9-3-2-8-18-13-5-4-11(16)10-12(13)17-14(18)6-7-15/h4-5,10H,2-3,6-9H2,1H3. The van der Waals surface area contributed by atoms with E-state index < -0.39 is 0 Å². The van der Waals surface area contributed by atoms with Gasteiger partial charge in [0.05, 0.1) is 11.0 Å². The molecular formula is C14H18Cl2N2O. The third-order valence-electron chi connectivity index (χ3n) is 3.09. The molecule has 0 N–H and O–H groups in total. The number of ether oxygens (including phenoxy) is 1. The van der Waals surface area contributed by atoms with Crippen LogP contribution >= 0.6 is 23.2 Å². The lowest BCUT2D eigenvalue weighted by Gasteiger charge is -2.08. The zero-order valence-corrected chi connectivity index (χ0v) is 12.5. The Bertz CT molecular complexity index is 539. The third-order valence-corrected chi connectivity index (χ3v) is 3.51. The van der Waals surface area contributed by atoms with E-state index in [9.17, 15) is 0 Å². The summed E-state index contributed by atoms with van der Waals surface area (Å²) in [5, 5.41) is 0.717. The molecule has 0 amide bonds. The lowest BCUT2D eigenvalue weighted by atomic mass is 10.3. The van der Waals surface area contributed by atoms with E-state index in [-0.39, 0.29) is 0 Å². The fraction of sp³-hybridized carbons (Fsp3) is 0.500. The molecule has 0 unspecified atom stereocenters. The van der Waals surface area contributed by atoms with Gasteiger partial charge in [0, 0.05) is 37.6 Å². The maximum atomic E-state index is 6.01. The van der Waals surface area contributed by atoms with E-state index in [0.29, 0.717) is 10.9 Å². The van der Waals surface area contributed by atoms with Crippen LogP contribution in [0.5, 0.6) is 0 Å². The van der Waals surface area contributed by atoms with Gasteiger partial charge in [-0.05, 0) is 31.0 Å². The van der Waals surface area contributed by atoms with Gasteiger partial charge >= 0.3 is 0 Å². The molecular weight excluding hydrogens is 283 g/mol. The number of rotatable bonds is 7. The minimum atomic E-state index is 0.578. The zero-order valence-electron chi connectivity index (χ0n) is 11.0. The lowest BCUT2D eigenvalue weighted by molar-refractivity contribution is 0.191. The second-order valence-corrected chi connectivity index (χ2v) is 5.27. The number of hydrogen-bond acceptors (Lipinski definition) is 2. The van der Waals surface area contributed by atoms with Crippen molar-refractivity contribution in [1.29, 1.82) is 0 Å². The second kappa shape index (κ2) is 7.13. The molecule has 104 valence electrons. The highest BCUT2D eigenvalue weighted by Gasteiger charge is 2.10. The molecule has 0 aliphatic heterocycles. The number of fused-ring (bicyclic) bond motifs is 1. The lowest BCUT2D eigenvalue weighted by Crippen LogP contribution is -2.05. The zero-order chi connectivity index (χ0) is 13.7. The largest absolute Gasteiger partial charge is 0.385 e. The number of hydrogen-bond donors (Lipinski definition) is 0. The molecule has 0 saturated carbocycles. The van der Waals surface area contributed by atoms with Gasteiger partial charge in [0.1, 0.15) is 5.82 Å². The summed E-state index contributed by atoms with van der Waals surface area (Å²) >= 11 is 11.9. The first kappa shape index (κ1) is 14.6. The van der Waals surface area contributed by atoms with Crippen molar-refractivity contribution < 1.29 is 4.74 Å². The van der Waals surface area contributed by atoms with E-state index >= 15 is 0 Å². The quantitative estimate of drug-likeness (QED) is 0.573. The molecule has 5 heteroatoms. The molecule has 0 fully saturated rings. The highest BCUT2D eigenvalue weighted by atomic mass is 35.5. The Morgan fingerprint density at radius 2 is 2.16 bits per heavy atom. The van der Waals surface area contributed by atoms with Crippen LogP contribution in [0, 0.1) is 0 Å². The molecule has 0 radical (unpaired) electrons. The first-order valence-corrected chi connectivity index (χ1v) is 7.37. The molecule has 0 atom stereocenters. The van der Waals surface area contributed by atoms with E-state index in [1.54, 1.807) is 7.11 Å². The Kier molecular flexibility index (Phi) is 5.49. The molecule has 1 heterocycles. The van der Waals surface area contributed by atoms with E-state index in [1.165, 1.54) is 0 Å². The third kappa shape index (κ3) is 3.62. The van der Waals surface area contributed by atoms with Gasteiger partial charge < -0.3 is 9.30 Å². The van der Waals surface area contributed by atoms with E-state index in [1.807, 2.05) is 18.2 Å². The normalized spacial score (nSPS) is 11.3. The Morgan fingerprint density at radius 1 is 1.32 bits per heavy atom. The van der Waals surface area contributed by atoms with Crippen molar-refractivity contribution in [2.75, 3.05) is 19.6 Å². The summed E-state index contributed by atoms with van der Waals surface area (Å²) in [7, 11) is 1.73. The number of halogens is 2. The summed E-state index contributed by atoms with van der Waals surface area (Å²) in [6.45, 7) is 1.73. The summed E-state index contributed by atoms with van der Waals surface area (Å²) in [6.07, 6.45) is 2.89. The molecule has 1 aromatic heterocycles. The fourth-order valence-electron chi connectivity index (χ4n) is 2.19. The van der Waals surface area contributed by atoms with Gasteiger partial charge in [-0.25, -0.2) is 4.98 Å². The SMILES string of the molecule is COCCCCn1c(CCCl)nc2cc(Cl)ccc21. The number of aryl methyl sites for hydroxylation is 2. The molecule has 0 aliphatic rings. The van der Waals surface area contributed by atoms with Crippen molar-refractivity contribution in [2.24, 2.45) is 0 Å². The van der Waals surface area contributed by atoms with Crippen molar-refractivity contribution in [2.45, 2.75) is 25.8 Å². The van der Waals surface area contributed by atoms with Crippen LogP contribution in [-0.2, 0) is 17.7 Å². The predicted molar refractivity (Wildman–Crippen MR) is 80.3 cm³/mol. The van der Waals surface area contributed by atoms with Gasteiger partial charge in [-0.3, -0.25) is 0 Å². The van der Waals surface area contributed by atoms with Crippen molar-refractivity contribution in [1.82, 2.24) is 9.55 Å². The molecule has 1 aromatic carbocycles. The minimum absolute atomic E-state index is 0.578. The second-order valence-electron chi connectivity index (χ2n) is 4.45. The van der Waals surface area contributed by atoms with Gasteiger partial charge in [0.2, 0.25) is 0 Å². The first-order valence-electron chi connectivity index (χ1n) is 6.46. The molecule has 2 aromatic rings. The maximum absolute atomic E-state index is 6.01. The van der Waals surface area contributed by atoms with Gasteiger partial charge in [0.15, 0.2) is 0 Å². The maximum Gasteiger partial charge on any atom is 0.111 e. The Hall–Kier alpha value is -0.770. The Balaban J connectivity index is 2.24. The summed E-state index contributed by atoms with van der Waals surface area (Å²) in [4.78, 5) is 4.62. The Morgan fingerprint density at radius 3 is 2.89 bits per heavy atom. The number of aromatic nitrogens is 2. The number of methoxy groups -OCH3 is 1. The fourth-order valence-corrected chi connectivity index (χ4v) is 2.53. The topological polar surface area (TPSA) is 27.1 Å². The highest BCUT2D eigenvalue weighted by Crippen LogP contribution is 2.21. The molecule has 19 heavy (non-hydrogen) atoms. The average molecular weight is 301 g/mol. The first-order chi connectivity index (χ1) is 9.26. The summed E-state index contributed by atoms with van der Waals surface area (Å²) in [5.41, 5.74) is 2.07. The average Bonchev–Trinajstić information content (AvgIpc) is 2.72. The van der Waals surface area contributed by atoms with E-state index in [2.05, 4.69) is 9.55 Å². The Labute approximate surface area is 123 Å². The van der Waals surface area contributed by atoms with Gasteiger partial charge in [-0.2, -0.15) is 0 Å². The van der Waals surface area contributed by atoms with Crippen LogP contribution in [0.25, 0.3) is 11.0 Å². The van der Waals surface area contributed by atoms with Crippen molar-refractivity contribution in [3.8, 4) is 0 Å². The number of nitrogens with zero attached hydrogens (tertiary/aromatic N) is 2. The van der Waals surface area contributed by atoms with E-state index in [4.69, 9.17) is 27.9 Å². The van der Waals surface area contributed by atoms with Gasteiger partial charge in [-0.15, -0.1) is 11.6 Å². The summed E-state index contributed by atoms with van der Waals surface area (Å²) < 4.78 is 7.32. The van der Waals surface area contributed by atoms with Gasteiger partial charge in [0.25, 0.3) is 0 Å². The molecule has 2 rings (SSSR count). The number of imidazole rings is 1. The number of benzene rings is 1. The van der Waals surface area contributed by atoms with Crippen LogP contribution in [0.3, 0.4) is 0 Å². The van der Waals surface area contributed by atoms with Crippen LogP contribution in [-0.4, -0.2) is 29.1 Å². The molecule has 0 spiro atoms. The number of unbranched alkanes of at least 4 members (excludes halogenated alkanes) is 1. The van der Waals surface area contributed by atoms with Crippen molar-refractivity contribution in [3.05, 3.63) is 29.0 Å². The number of alkyl halides is 1. The molecule has 0 bridgehead atoms. The van der Waals surface area contributed by atoms with Crippen LogP contribution in [0.1, 0.15) is 18.7 Å². The van der Waals surface area contributed by atoms with Crippen molar-refractivity contribution in [3.63, 3.8) is 0 Å². The minimum Gasteiger partial charge on any atom is -0.385 e. The molecule has 0 aliphatic carbocycles. The van der Waals surface area contributed by atoms with Crippen LogP contribution in [0.15, 0.2) is 18.2 Å². The van der Waals surface area contributed by atoms with Crippen molar-refractivity contribution >= 4 is 34.2 Å². The van der Waals surface area contributed by atoms with Crippen LogP contribution in [0.2, 0.25) is 5.02 Å². The van der Waals surface area contributed by atoms with Crippen LogP contribution < -0.4 is 0 Å². The summed E-state index contributed by atoms with van der Waals surface area (Å²) in [5.74, 6) is 1.61. The van der Waals surface area contributed by atoms with Gasteiger partial charge in [-0.1, -0.05) is 11.6 Å².